The number of ether oxygens (including phenoxy) is 1. The molecule has 0 bridgehead atoms. The molecule has 0 unspecified atom stereocenters. The molecule has 1 fully saturated rings. The molecular weight excluding hydrogens is 551 g/mol. The van der Waals surface area contributed by atoms with Crippen LogP contribution in [0.4, 0.5) is 4.79 Å². The van der Waals surface area contributed by atoms with Crippen molar-refractivity contribution in [2.75, 3.05) is 13.3 Å². The Morgan fingerprint density at radius 2 is 1.71 bits per heavy atom. The number of rotatable bonds is 11. The first-order valence-corrected chi connectivity index (χ1v) is 17.6. The van der Waals surface area contributed by atoms with Gasteiger partial charge in [0.15, 0.2) is 11.4 Å². The zero-order valence-electron chi connectivity index (χ0n) is 24.2. The zero-order valence-corrected chi connectivity index (χ0v) is 25.2. The quantitative estimate of drug-likeness (QED) is 0.133. The number of aromatic nitrogens is 2. The second-order valence-corrected chi connectivity index (χ2v) is 17.4. The number of urea groups is 1. The van der Waals surface area contributed by atoms with Crippen molar-refractivity contribution in [3.8, 4) is 22.8 Å². The molecule has 42 heavy (non-hydrogen) atoms. The first-order valence-electron chi connectivity index (χ1n) is 13.9. The summed E-state index contributed by atoms with van der Waals surface area (Å²) in [5.74, 6) is -0.174. The van der Waals surface area contributed by atoms with Crippen LogP contribution in [0.25, 0.3) is 21.9 Å². The van der Waals surface area contributed by atoms with E-state index in [1.807, 2.05) is 36.4 Å². The van der Waals surface area contributed by atoms with E-state index in [1.165, 1.54) is 6.82 Å². The number of imide groups is 1. The van der Waals surface area contributed by atoms with Gasteiger partial charge in [0, 0.05) is 44.0 Å². The van der Waals surface area contributed by atoms with Gasteiger partial charge in [0.1, 0.15) is 12.5 Å². The Kier molecular flexibility index (Phi) is 8.13. The molecule has 12 heteroatoms. The number of hydrogen-bond acceptors (Lipinski definition) is 7. The van der Waals surface area contributed by atoms with Gasteiger partial charge in [-0.05, 0) is 59.9 Å². The first-order chi connectivity index (χ1) is 20.0. The molecular formula is C30H35BN4O6Si. The van der Waals surface area contributed by atoms with Crippen molar-refractivity contribution < 1.29 is 29.1 Å². The van der Waals surface area contributed by atoms with E-state index >= 15 is 0 Å². The van der Waals surface area contributed by atoms with E-state index in [9.17, 15) is 19.7 Å². The predicted octanol–water partition coefficient (Wildman–Crippen LogP) is 4.66. The average molecular weight is 587 g/mol. The second-order valence-electron chi connectivity index (χ2n) is 11.8. The Bertz CT molecular complexity index is 1590. The number of fused-ring (bicyclic) bond motifs is 1. The molecule has 0 aliphatic carbocycles. The number of carbonyl (C=O) groups is 2. The minimum absolute atomic E-state index is 0.0648. The molecule has 3 N–H and O–H groups in total. The number of aromatic hydroxyl groups is 1. The smallest absolute Gasteiger partial charge is 0.519 e. The molecule has 10 nitrogen and oxygen atoms in total. The van der Waals surface area contributed by atoms with Crippen molar-refractivity contribution in [2.24, 2.45) is 0 Å². The number of hydrogen-bond donors (Lipinski definition) is 3. The zero-order chi connectivity index (χ0) is 30.1. The molecule has 1 saturated heterocycles. The first kappa shape index (κ1) is 29.4. The fourth-order valence-corrected chi connectivity index (χ4v) is 5.79. The van der Waals surface area contributed by atoms with Gasteiger partial charge in [0.25, 0.3) is 5.91 Å². The molecule has 1 aliphatic rings. The topological polar surface area (TPSA) is 126 Å². The predicted molar refractivity (Wildman–Crippen MR) is 164 cm³/mol. The second kappa shape index (κ2) is 11.6. The van der Waals surface area contributed by atoms with Gasteiger partial charge in [-0.2, -0.15) is 0 Å². The number of nitrogens with zero attached hydrogens (tertiary/aromatic N) is 3. The molecule has 2 aromatic carbocycles. The van der Waals surface area contributed by atoms with E-state index < -0.39 is 32.7 Å². The van der Waals surface area contributed by atoms with Crippen LogP contribution >= 0.6 is 0 Å². The fraction of sp³-hybridized carbons (Fsp3) is 0.300. The van der Waals surface area contributed by atoms with Gasteiger partial charge in [-0.1, -0.05) is 43.9 Å². The summed E-state index contributed by atoms with van der Waals surface area (Å²) >= 11 is 0. The molecule has 4 aromatic rings. The van der Waals surface area contributed by atoms with Crippen molar-refractivity contribution in [2.45, 2.75) is 44.6 Å². The third-order valence-corrected chi connectivity index (χ3v) is 9.03. The number of amides is 3. The number of nitrogens with one attached hydrogen (secondary N) is 1. The van der Waals surface area contributed by atoms with Gasteiger partial charge in [0.2, 0.25) is 0 Å². The summed E-state index contributed by atoms with van der Waals surface area (Å²) in [7, 11) is -2.37. The summed E-state index contributed by atoms with van der Waals surface area (Å²) in [5.41, 5.74) is 0.967. The van der Waals surface area contributed by atoms with Crippen molar-refractivity contribution in [1.82, 2.24) is 19.8 Å². The molecule has 3 heterocycles. The number of pyridine rings is 1. The lowest BCUT2D eigenvalue weighted by Crippen LogP contribution is -2.47. The van der Waals surface area contributed by atoms with Crippen LogP contribution < -0.4 is 9.97 Å². The number of benzene rings is 2. The van der Waals surface area contributed by atoms with E-state index in [1.54, 1.807) is 41.4 Å². The standard InChI is InChI=1S/C30H35BN4O6Si/c1-31(39)41-25-10-7-23-18-34(27(36)26(23)17-25)19-30(24-8-5-21(6-9-24)22-11-13-32-14-12-22)28(37)35(29(38)33-30)20-40-15-16-42(2,3)4/h5-14,17-18,36,39H,15-16,19-20H2,1-4H3,(H,33,38)/t30-/m0/s1. The highest BCUT2D eigenvalue weighted by Crippen LogP contribution is 2.37. The molecule has 1 atom stereocenters. The normalized spacial score (nSPS) is 17.1. The highest BCUT2D eigenvalue weighted by molar-refractivity contribution is 6.76. The van der Waals surface area contributed by atoms with Crippen molar-refractivity contribution in [3.05, 3.63) is 78.8 Å². The Labute approximate surface area is 246 Å². The maximum Gasteiger partial charge on any atom is 0.519 e. The molecule has 3 amide bonds. The van der Waals surface area contributed by atoms with Gasteiger partial charge in [-0.15, -0.1) is 0 Å². The molecule has 0 saturated carbocycles. The minimum Gasteiger partial charge on any atom is -0.536 e. The maximum atomic E-state index is 14.1. The maximum absolute atomic E-state index is 14.1. The third-order valence-electron chi connectivity index (χ3n) is 7.33. The van der Waals surface area contributed by atoms with Gasteiger partial charge in [0.05, 0.1) is 6.54 Å². The Morgan fingerprint density at radius 3 is 2.38 bits per heavy atom. The summed E-state index contributed by atoms with van der Waals surface area (Å²) in [6.45, 7) is 8.43. The van der Waals surface area contributed by atoms with E-state index in [0.717, 1.165) is 22.1 Å². The van der Waals surface area contributed by atoms with Crippen LogP contribution in [0, 0.1) is 0 Å². The van der Waals surface area contributed by atoms with Crippen LogP contribution in [0.5, 0.6) is 11.6 Å². The summed E-state index contributed by atoms with van der Waals surface area (Å²) in [6.07, 6.45) is 5.14. The van der Waals surface area contributed by atoms with E-state index in [4.69, 9.17) is 9.39 Å². The van der Waals surface area contributed by atoms with Gasteiger partial charge in [-0.3, -0.25) is 9.78 Å². The monoisotopic (exact) mass is 586 g/mol. The molecule has 218 valence electrons. The molecule has 1 aliphatic heterocycles. The van der Waals surface area contributed by atoms with Crippen LogP contribution in [-0.4, -0.2) is 65.0 Å². The summed E-state index contributed by atoms with van der Waals surface area (Å²) in [4.78, 5) is 32.5. The van der Waals surface area contributed by atoms with Crippen LogP contribution in [0.2, 0.25) is 32.5 Å². The lowest BCUT2D eigenvalue weighted by Gasteiger charge is -2.28. The average Bonchev–Trinajstić information content (AvgIpc) is 3.38. The lowest BCUT2D eigenvalue weighted by atomic mass is 9.88. The fourth-order valence-electron chi connectivity index (χ4n) is 5.03. The van der Waals surface area contributed by atoms with E-state index in [-0.39, 0.29) is 19.2 Å². The van der Waals surface area contributed by atoms with Crippen molar-refractivity contribution in [3.63, 3.8) is 0 Å². The molecule has 0 spiro atoms. The van der Waals surface area contributed by atoms with E-state index in [0.29, 0.717) is 28.7 Å². The van der Waals surface area contributed by atoms with Crippen molar-refractivity contribution >= 4 is 37.9 Å². The van der Waals surface area contributed by atoms with Gasteiger partial charge < -0.3 is 29.4 Å². The van der Waals surface area contributed by atoms with Crippen LogP contribution in [0.3, 0.4) is 0 Å². The third kappa shape index (κ3) is 6.06. The lowest BCUT2D eigenvalue weighted by molar-refractivity contribution is -0.135. The minimum atomic E-state index is -1.50. The molecule has 0 radical (unpaired) electrons. The van der Waals surface area contributed by atoms with Gasteiger partial charge >= 0.3 is 13.1 Å². The SMILES string of the molecule is CB(O)Oc1ccc2cn(C[C@@]3(c4ccc(-c5ccncc5)cc4)NC(=O)N(COCC[Si](C)(C)C)C3=O)c(O)c2c1. The van der Waals surface area contributed by atoms with Crippen molar-refractivity contribution in [1.29, 1.82) is 0 Å². The summed E-state index contributed by atoms with van der Waals surface area (Å²) < 4.78 is 12.7. The van der Waals surface area contributed by atoms with Gasteiger partial charge in [-0.25, -0.2) is 9.69 Å². The van der Waals surface area contributed by atoms with Crippen LogP contribution in [0.1, 0.15) is 5.56 Å². The summed E-state index contributed by atoms with van der Waals surface area (Å²) in [5, 5.41) is 24.9. The Morgan fingerprint density at radius 1 is 1.02 bits per heavy atom. The molecule has 5 rings (SSSR count). The van der Waals surface area contributed by atoms with Crippen LogP contribution in [0.15, 0.2) is 73.2 Å². The van der Waals surface area contributed by atoms with Crippen LogP contribution in [-0.2, 0) is 21.6 Å². The molecule has 2 aromatic heterocycles. The highest BCUT2D eigenvalue weighted by atomic mass is 28.3. The highest BCUT2D eigenvalue weighted by Gasteiger charge is 2.53. The van der Waals surface area contributed by atoms with E-state index in [2.05, 4.69) is 29.9 Å². The Balaban J connectivity index is 1.50. The largest absolute Gasteiger partial charge is 0.536 e. The number of carbonyl (C=O) groups excluding carboxylic acids is 2. The summed E-state index contributed by atoms with van der Waals surface area (Å²) in [6, 6.07) is 16.6. The Hall–Kier alpha value is -4.13.